The van der Waals surface area contributed by atoms with Crippen molar-refractivity contribution in [3.8, 4) is 22.9 Å². The highest BCUT2D eigenvalue weighted by Crippen LogP contribution is 2.32. The molecule has 8 nitrogen and oxygen atoms in total. The van der Waals surface area contributed by atoms with Crippen LogP contribution in [0.4, 0.5) is 5.69 Å². The van der Waals surface area contributed by atoms with Crippen molar-refractivity contribution in [2.24, 2.45) is 0 Å². The monoisotopic (exact) mass is 403 g/mol. The summed E-state index contributed by atoms with van der Waals surface area (Å²) in [4.78, 5) is 30.3. The van der Waals surface area contributed by atoms with Gasteiger partial charge in [0.2, 0.25) is 0 Å². The SMILES string of the molecule is COc1cc(-c2nc3ccccc3c(=O)[nH]2)ccc1OCc1ccccc1[N+](=O)[O-]. The number of nitro groups is 1. The van der Waals surface area contributed by atoms with E-state index in [2.05, 4.69) is 9.97 Å². The highest BCUT2D eigenvalue weighted by atomic mass is 16.6. The van der Waals surface area contributed by atoms with Gasteiger partial charge in [-0.3, -0.25) is 14.9 Å². The second kappa shape index (κ2) is 8.04. The number of nitrogens with zero attached hydrogens (tertiary/aromatic N) is 2. The molecule has 1 heterocycles. The maximum Gasteiger partial charge on any atom is 0.276 e. The van der Waals surface area contributed by atoms with Crippen molar-refractivity contribution in [2.75, 3.05) is 7.11 Å². The summed E-state index contributed by atoms with van der Waals surface area (Å²) in [6.45, 7) is 0.0118. The lowest BCUT2D eigenvalue weighted by atomic mass is 10.1. The average molecular weight is 403 g/mol. The van der Waals surface area contributed by atoms with Crippen LogP contribution >= 0.6 is 0 Å². The number of para-hydroxylation sites is 2. The van der Waals surface area contributed by atoms with E-state index in [-0.39, 0.29) is 17.9 Å². The summed E-state index contributed by atoms with van der Waals surface area (Å²) in [5.74, 6) is 1.24. The summed E-state index contributed by atoms with van der Waals surface area (Å²) in [7, 11) is 1.49. The van der Waals surface area contributed by atoms with E-state index in [9.17, 15) is 14.9 Å². The van der Waals surface area contributed by atoms with Crippen LogP contribution in [0.3, 0.4) is 0 Å². The molecule has 0 unspecified atom stereocenters. The number of methoxy groups -OCH3 is 1. The maximum atomic E-state index is 12.3. The predicted octanol–water partition coefficient (Wildman–Crippen LogP) is 4.09. The molecule has 4 rings (SSSR count). The van der Waals surface area contributed by atoms with E-state index in [1.165, 1.54) is 13.2 Å². The van der Waals surface area contributed by atoms with E-state index in [0.717, 1.165) is 0 Å². The van der Waals surface area contributed by atoms with Crippen molar-refractivity contribution < 1.29 is 14.4 Å². The van der Waals surface area contributed by atoms with E-state index in [4.69, 9.17) is 9.47 Å². The van der Waals surface area contributed by atoms with Crippen LogP contribution < -0.4 is 15.0 Å². The van der Waals surface area contributed by atoms with Crippen molar-refractivity contribution in [1.82, 2.24) is 9.97 Å². The van der Waals surface area contributed by atoms with E-state index in [1.807, 2.05) is 6.07 Å². The smallest absolute Gasteiger partial charge is 0.276 e. The van der Waals surface area contributed by atoms with Crippen molar-refractivity contribution in [3.05, 3.63) is 92.8 Å². The molecule has 0 atom stereocenters. The van der Waals surface area contributed by atoms with E-state index in [0.29, 0.717) is 39.4 Å². The number of fused-ring (bicyclic) bond motifs is 1. The summed E-state index contributed by atoms with van der Waals surface area (Å²) < 4.78 is 11.2. The van der Waals surface area contributed by atoms with Crippen LogP contribution in [0.15, 0.2) is 71.5 Å². The van der Waals surface area contributed by atoms with Crippen LogP contribution in [0.25, 0.3) is 22.3 Å². The van der Waals surface area contributed by atoms with Crippen LogP contribution in [0, 0.1) is 10.1 Å². The Bertz CT molecular complexity index is 1300. The number of aromatic nitrogens is 2. The Hall–Kier alpha value is -4.20. The predicted molar refractivity (Wildman–Crippen MR) is 112 cm³/mol. The Balaban J connectivity index is 1.64. The number of hydrogen-bond donors (Lipinski definition) is 1. The van der Waals surface area contributed by atoms with Gasteiger partial charge in [-0.15, -0.1) is 0 Å². The number of nitro benzene ring substituents is 1. The first-order chi connectivity index (χ1) is 14.6. The van der Waals surface area contributed by atoms with Gasteiger partial charge >= 0.3 is 0 Å². The summed E-state index contributed by atoms with van der Waals surface area (Å²) >= 11 is 0. The first-order valence-electron chi connectivity index (χ1n) is 9.09. The second-order valence-corrected chi connectivity index (χ2v) is 6.47. The number of rotatable bonds is 6. The Morgan fingerprint density at radius 2 is 1.80 bits per heavy atom. The lowest BCUT2D eigenvalue weighted by Gasteiger charge is -2.12. The lowest BCUT2D eigenvalue weighted by molar-refractivity contribution is -0.385. The normalized spacial score (nSPS) is 10.7. The van der Waals surface area contributed by atoms with E-state index >= 15 is 0 Å². The molecule has 0 amide bonds. The quantitative estimate of drug-likeness (QED) is 0.384. The molecular weight excluding hydrogens is 386 g/mol. The Kier molecular flexibility index (Phi) is 5.13. The molecule has 0 fully saturated rings. The molecule has 3 aromatic carbocycles. The van der Waals surface area contributed by atoms with Crippen LogP contribution in [0.2, 0.25) is 0 Å². The van der Waals surface area contributed by atoms with Crippen LogP contribution in [0.5, 0.6) is 11.5 Å². The molecule has 0 radical (unpaired) electrons. The highest BCUT2D eigenvalue weighted by molar-refractivity contribution is 5.79. The van der Waals surface area contributed by atoms with Gasteiger partial charge in [0.05, 0.1) is 28.5 Å². The fraction of sp³-hybridized carbons (Fsp3) is 0.0909. The van der Waals surface area contributed by atoms with Gasteiger partial charge in [-0.25, -0.2) is 4.98 Å². The molecule has 4 aromatic rings. The molecule has 0 aliphatic rings. The Morgan fingerprint density at radius 1 is 1.03 bits per heavy atom. The Labute approximate surface area is 170 Å². The summed E-state index contributed by atoms with van der Waals surface area (Å²) in [5, 5.41) is 11.7. The van der Waals surface area contributed by atoms with Gasteiger partial charge < -0.3 is 14.5 Å². The zero-order valence-corrected chi connectivity index (χ0v) is 16.0. The Morgan fingerprint density at radius 3 is 2.60 bits per heavy atom. The van der Waals surface area contributed by atoms with Crippen LogP contribution in [0.1, 0.15) is 5.56 Å². The molecular formula is C22H17N3O5. The van der Waals surface area contributed by atoms with Crippen molar-refractivity contribution in [3.63, 3.8) is 0 Å². The first kappa shape index (κ1) is 19.1. The standard InChI is InChI=1S/C22H17N3O5/c1-29-20-12-14(21-23-17-8-4-3-7-16(17)22(26)24-21)10-11-19(20)30-13-15-6-2-5-9-18(15)25(27)28/h2-12H,13H2,1H3,(H,23,24,26). The number of aromatic amines is 1. The third kappa shape index (κ3) is 3.70. The minimum absolute atomic E-state index is 0.00831. The van der Waals surface area contributed by atoms with Gasteiger partial charge in [0.1, 0.15) is 12.4 Å². The van der Waals surface area contributed by atoms with Crippen molar-refractivity contribution in [2.45, 2.75) is 6.61 Å². The van der Waals surface area contributed by atoms with Gasteiger partial charge in [0.25, 0.3) is 11.2 Å². The molecule has 8 heteroatoms. The highest BCUT2D eigenvalue weighted by Gasteiger charge is 2.15. The molecule has 150 valence electrons. The van der Waals surface area contributed by atoms with Gasteiger partial charge in [-0.2, -0.15) is 0 Å². The molecule has 0 saturated carbocycles. The second-order valence-electron chi connectivity index (χ2n) is 6.47. The number of benzene rings is 3. The molecule has 0 aliphatic carbocycles. The van der Waals surface area contributed by atoms with Gasteiger partial charge in [-0.05, 0) is 36.4 Å². The number of nitrogens with one attached hydrogen (secondary N) is 1. The van der Waals surface area contributed by atoms with Crippen LogP contribution in [-0.2, 0) is 6.61 Å². The number of hydrogen-bond acceptors (Lipinski definition) is 6. The molecule has 1 N–H and O–H groups in total. The number of ether oxygens (including phenoxy) is 2. The summed E-state index contributed by atoms with van der Waals surface area (Å²) in [6.07, 6.45) is 0. The zero-order chi connectivity index (χ0) is 21.1. The minimum Gasteiger partial charge on any atom is -0.493 e. The molecule has 0 bridgehead atoms. The lowest BCUT2D eigenvalue weighted by Crippen LogP contribution is -2.09. The average Bonchev–Trinajstić information content (AvgIpc) is 2.77. The fourth-order valence-electron chi connectivity index (χ4n) is 3.12. The third-order valence-corrected chi connectivity index (χ3v) is 4.62. The maximum absolute atomic E-state index is 12.3. The summed E-state index contributed by atoms with van der Waals surface area (Å²) in [5.41, 5.74) is 1.45. The zero-order valence-electron chi connectivity index (χ0n) is 16.0. The van der Waals surface area contributed by atoms with Gasteiger partial charge in [0.15, 0.2) is 11.5 Å². The largest absolute Gasteiger partial charge is 0.493 e. The topological polar surface area (TPSA) is 107 Å². The third-order valence-electron chi connectivity index (χ3n) is 4.62. The van der Waals surface area contributed by atoms with Gasteiger partial charge in [0, 0.05) is 11.6 Å². The molecule has 0 saturated heterocycles. The molecule has 1 aromatic heterocycles. The van der Waals surface area contributed by atoms with Crippen molar-refractivity contribution >= 4 is 16.6 Å². The van der Waals surface area contributed by atoms with E-state index < -0.39 is 4.92 Å². The molecule has 30 heavy (non-hydrogen) atoms. The first-order valence-corrected chi connectivity index (χ1v) is 9.09. The molecule has 0 aliphatic heterocycles. The van der Waals surface area contributed by atoms with E-state index in [1.54, 1.807) is 54.6 Å². The van der Waals surface area contributed by atoms with Crippen molar-refractivity contribution in [1.29, 1.82) is 0 Å². The number of H-pyrrole nitrogens is 1. The minimum atomic E-state index is -0.444. The van der Waals surface area contributed by atoms with Crippen LogP contribution in [-0.4, -0.2) is 22.0 Å². The molecule has 0 spiro atoms. The van der Waals surface area contributed by atoms with Gasteiger partial charge in [-0.1, -0.05) is 24.3 Å². The summed E-state index contributed by atoms with van der Waals surface area (Å²) in [6, 6.07) is 18.6. The fourth-order valence-corrected chi connectivity index (χ4v) is 3.12.